The summed E-state index contributed by atoms with van der Waals surface area (Å²) in [6.07, 6.45) is -0.577. The van der Waals surface area contributed by atoms with E-state index in [2.05, 4.69) is 0 Å². The zero-order valence-electron chi connectivity index (χ0n) is 15.9. The Bertz CT molecular complexity index is 559. The van der Waals surface area contributed by atoms with Crippen molar-refractivity contribution in [3.05, 3.63) is 0 Å². The van der Waals surface area contributed by atoms with E-state index < -0.39 is 65.8 Å². The first-order valence-electron chi connectivity index (χ1n) is 6.34. The van der Waals surface area contributed by atoms with Gasteiger partial charge in [0.15, 0.2) is 0 Å². The monoisotopic (exact) mass is 560 g/mol. The van der Waals surface area contributed by atoms with Crippen molar-refractivity contribution in [1.29, 1.82) is 5.26 Å². The van der Waals surface area contributed by atoms with Crippen molar-refractivity contribution in [2.45, 2.75) is 17.0 Å². The van der Waals surface area contributed by atoms with Crippen molar-refractivity contribution < 1.29 is 77.9 Å². The molecule has 4 atom stereocenters. The van der Waals surface area contributed by atoms with E-state index in [1.165, 1.54) is 0 Å². The molecule has 0 aromatic heterocycles. The summed E-state index contributed by atoms with van der Waals surface area (Å²) in [5.41, 5.74) is 0. The molecule has 19 heteroatoms. The normalized spacial score (nSPS) is 19.7. The molecule has 0 amide bonds. The molecule has 1 aliphatic rings. The molecule has 0 aromatic rings. The fourth-order valence-corrected chi connectivity index (χ4v) is 4.11. The van der Waals surface area contributed by atoms with Crippen molar-refractivity contribution >= 4 is 81.1 Å². The molecule has 0 aliphatic carbocycles. The number of aliphatic carboxylic acids is 4. The van der Waals surface area contributed by atoms with Crippen LogP contribution in [0.1, 0.15) is 6.42 Å². The van der Waals surface area contributed by atoms with Crippen molar-refractivity contribution in [2.75, 3.05) is 13.1 Å². The van der Waals surface area contributed by atoms with Gasteiger partial charge in [0.2, 0.25) is 0 Å². The SMILES string of the molecule is N#CC1C(CC(=O)O)C(C(=O)O)SC1N(CC(=O)O)CC(=O)O.O.O.O.O.O.O.O.[Sr+2]. The zero-order chi connectivity index (χ0) is 17.7. The van der Waals surface area contributed by atoms with E-state index in [0.717, 1.165) is 4.90 Å². The largest absolute Gasteiger partial charge is 2.00 e. The first-order chi connectivity index (χ1) is 10.7. The summed E-state index contributed by atoms with van der Waals surface area (Å²) in [5.74, 6) is -7.44. The molecule has 0 spiro atoms. The van der Waals surface area contributed by atoms with E-state index in [9.17, 15) is 29.5 Å². The van der Waals surface area contributed by atoms with Crippen molar-refractivity contribution in [3.8, 4) is 6.07 Å². The van der Waals surface area contributed by atoms with E-state index in [1.54, 1.807) is 6.07 Å². The second-order valence-corrected chi connectivity index (χ2v) is 6.16. The molecule has 0 radical (unpaired) electrons. The average molecular weight is 560 g/mol. The summed E-state index contributed by atoms with van der Waals surface area (Å²) in [6, 6.07) is 1.81. The van der Waals surface area contributed by atoms with Crippen molar-refractivity contribution in [3.63, 3.8) is 0 Å². The third kappa shape index (κ3) is 15.3. The molecule has 1 saturated heterocycles. The van der Waals surface area contributed by atoms with Crippen molar-refractivity contribution in [2.24, 2.45) is 11.8 Å². The van der Waals surface area contributed by atoms with Gasteiger partial charge in [-0.2, -0.15) is 5.26 Å². The minimum Gasteiger partial charge on any atom is -0.481 e. The number of nitriles is 1. The molecule has 0 saturated carbocycles. The molecule has 1 aliphatic heterocycles. The van der Waals surface area contributed by atoms with Crippen LogP contribution in [0.4, 0.5) is 0 Å². The number of rotatable bonds is 8. The number of hydrogen-bond acceptors (Lipinski definition) is 7. The van der Waals surface area contributed by atoms with E-state index in [1.807, 2.05) is 0 Å². The third-order valence-electron chi connectivity index (χ3n) is 3.28. The van der Waals surface area contributed by atoms with Crippen LogP contribution in [0.5, 0.6) is 0 Å². The van der Waals surface area contributed by atoms with Gasteiger partial charge in [-0.15, -0.1) is 11.8 Å². The second-order valence-electron chi connectivity index (χ2n) is 4.89. The van der Waals surface area contributed by atoms with Gasteiger partial charge in [-0.05, 0) is 0 Å². The van der Waals surface area contributed by atoms with Gasteiger partial charge >= 0.3 is 69.4 Å². The average Bonchev–Trinajstić information content (AvgIpc) is 2.74. The summed E-state index contributed by atoms with van der Waals surface area (Å²) in [5, 5.41) is 42.8. The van der Waals surface area contributed by atoms with Crippen LogP contribution in [0.15, 0.2) is 0 Å². The van der Waals surface area contributed by atoms with Crippen molar-refractivity contribution in [1.82, 2.24) is 4.90 Å². The number of thioether (sulfide) groups is 1. The number of carboxylic acid groups (broad SMARTS) is 4. The predicted molar refractivity (Wildman–Crippen MR) is 106 cm³/mol. The van der Waals surface area contributed by atoms with E-state index >= 15 is 0 Å². The minimum absolute atomic E-state index is 0. The number of carboxylic acids is 4. The van der Waals surface area contributed by atoms with Gasteiger partial charge in [0.1, 0.15) is 5.25 Å². The zero-order valence-corrected chi connectivity index (χ0v) is 20.2. The Hall–Kier alpha value is -1.12. The molecule has 1 rings (SSSR count). The molecule has 1 fully saturated rings. The summed E-state index contributed by atoms with van der Waals surface area (Å²) < 4.78 is 0. The van der Waals surface area contributed by atoms with Crippen LogP contribution in [0, 0.1) is 23.2 Å². The van der Waals surface area contributed by atoms with E-state index in [4.69, 9.17) is 15.3 Å². The standard InChI is InChI=1S/C12H14N2O8S.7H2O.Sr/c13-2-6-5(1-7(15)16)10(12(21)22)23-11(6)14(3-8(17)18)4-9(19)20;;;;;;;;/h5-6,10-11H,1,3-4H2,(H,15,16)(H,17,18)(H,19,20)(H,21,22);7*1H2;/q;;;;;;;;+2. The Morgan fingerprint density at radius 2 is 1.19 bits per heavy atom. The maximum atomic E-state index is 11.3. The maximum Gasteiger partial charge on any atom is 2.00 e. The fraction of sp³-hybridized carbons (Fsp3) is 0.583. The summed E-state index contributed by atoms with van der Waals surface area (Å²) in [4.78, 5) is 44.9. The number of carbonyl (C=O) groups is 4. The van der Waals surface area contributed by atoms with Gasteiger partial charge in [0.05, 0.1) is 36.9 Å². The molecular formula is C12H28N2O15SSr+2. The minimum atomic E-state index is -1.34. The second kappa shape index (κ2) is 23.5. The first kappa shape index (κ1) is 52.1. The Labute approximate surface area is 216 Å². The third-order valence-corrected chi connectivity index (χ3v) is 5.00. The van der Waals surface area contributed by atoms with Crippen LogP contribution >= 0.6 is 11.8 Å². The van der Waals surface area contributed by atoms with Crippen LogP contribution < -0.4 is 0 Å². The molecule has 1 heterocycles. The van der Waals surface area contributed by atoms with Gasteiger partial charge in [0.25, 0.3) is 0 Å². The van der Waals surface area contributed by atoms with Crippen LogP contribution in [-0.2, 0) is 19.2 Å². The summed E-state index contributed by atoms with van der Waals surface area (Å²) in [7, 11) is 0. The van der Waals surface area contributed by atoms with Crippen LogP contribution in [0.2, 0.25) is 0 Å². The Balaban J connectivity index is -0.000000110. The topological polar surface area (TPSA) is 397 Å². The number of hydrogen-bond donors (Lipinski definition) is 4. The Morgan fingerprint density at radius 1 is 0.806 bits per heavy atom. The molecule has 17 nitrogen and oxygen atoms in total. The maximum absolute atomic E-state index is 11.3. The number of nitrogens with zero attached hydrogens (tertiary/aromatic N) is 2. The predicted octanol–water partition coefficient (Wildman–Crippen LogP) is -6.94. The van der Waals surface area contributed by atoms with Gasteiger partial charge in [0, 0.05) is 5.92 Å². The molecule has 0 aromatic carbocycles. The molecule has 182 valence electrons. The summed E-state index contributed by atoms with van der Waals surface area (Å²) in [6.45, 7) is -1.40. The molecule has 31 heavy (non-hydrogen) atoms. The van der Waals surface area contributed by atoms with Crippen LogP contribution in [0.25, 0.3) is 0 Å². The molecule has 4 unspecified atom stereocenters. The van der Waals surface area contributed by atoms with E-state index in [-0.39, 0.29) is 83.8 Å². The summed E-state index contributed by atoms with van der Waals surface area (Å²) >= 11 is 0.708. The molecular weight excluding hydrogens is 532 g/mol. The quantitative estimate of drug-likeness (QED) is 0.202. The Morgan fingerprint density at radius 3 is 1.45 bits per heavy atom. The van der Waals surface area contributed by atoms with Gasteiger partial charge in [-0.3, -0.25) is 24.1 Å². The Kier molecular flexibility index (Phi) is 39.5. The van der Waals surface area contributed by atoms with Crippen LogP contribution in [0.3, 0.4) is 0 Å². The van der Waals surface area contributed by atoms with Gasteiger partial charge in [-0.1, -0.05) is 0 Å². The van der Waals surface area contributed by atoms with Gasteiger partial charge < -0.3 is 58.8 Å². The fourth-order valence-electron chi connectivity index (χ4n) is 2.47. The van der Waals surface area contributed by atoms with E-state index in [0.29, 0.717) is 11.8 Å². The van der Waals surface area contributed by atoms with Crippen LogP contribution in [-0.4, -0.2) is 157 Å². The molecule has 0 bridgehead atoms. The first-order valence-corrected chi connectivity index (χ1v) is 7.29. The van der Waals surface area contributed by atoms with Gasteiger partial charge in [-0.25, -0.2) is 0 Å². The molecule has 18 N–H and O–H groups in total. The smallest absolute Gasteiger partial charge is 0.481 e.